The van der Waals surface area contributed by atoms with Crippen LogP contribution in [-0.4, -0.2) is 5.16 Å². The molecule has 0 aliphatic carbocycles. The SMILES string of the molecule is CC(C)(C)P.CC(C)(C)c1ccccc1. The minimum Gasteiger partial charge on any atom is -0.132 e. The van der Waals surface area contributed by atoms with Gasteiger partial charge in [-0.25, -0.2) is 0 Å². The zero-order chi connectivity index (χ0) is 12.1. The van der Waals surface area contributed by atoms with Gasteiger partial charge in [0.1, 0.15) is 0 Å². The maximum absolute atomic E-state index is 2.72. The van der Waals surface area contributed by atoms with Gasteiger partial charge in [0.25, 0.3) is 0 Å². The lowest BCUT2D eigenvalue weighted by molar-refractivity contribution is 0.590. The van der Waals surface area contributed by atoms with Gasteiger partial charge in [0.2, 0.25) is 0 Å². The summed E-state index contributed by atoms with van der Waals surface area (Å²) in [5, 5.41) is 0.417. The molecule has 1 atom stereocenters. The van der Waals surface area contributed by atoms with Gasteiger partial charge >= 0.3 is 0 Å². The quantitative estimate of drug-likeness (QED) is 0.563. The van der Waals surface area contributed by atoms with E-state index in [1.165, 1.54) is 5.56 Å². The lowest BCUT2D eigenvalue weighted by Crippen LogP contribution is -2.10. The average Bonchev–Trinajstić information content (AvgIpc) is 2.01. The van der Waals surface area contributed by atoms with E-state index in [-0.39, 0.29) is 0 Å². The molecule has 0 saturated carbocycles. The van der Waals surface area contributed by atoms with E-state index in [0.29, 0.717) is 10.6 Å². The molecule has 1 aromatic rings. The van der Waals surface area contributed by atoms with Gasteiger partial charge < -0.3 is 0 Å². The summed E-state index contributed by atoms with van der Waals surface area (Å²) < 4.78 is 0. The highest BCUT2D eigenvalue weighted by Gasteiger charge is 2.11. The van der Waals surface area contributed by atoms with Crippen LogP contribution < -0.4 is 0 Å². The lowest BCUT2D eigenvalue weighted by atomic mass is 9.87. The summed E-state index contributed by atoms with van der Waals surface area (Å²) in [4.78, 5) is 0. The first-order valence-corrected chi connectivity index (χ1v) is 6.03. The van der Waals surface area contributed by atoms with Crippen LogP contribution in [0.25, 0.3) is 0 Å². The largest absolute Gasteiger partial charge is 0.132 e. The van der Waals surface area contributed by atoms with Crippen molar-refractivity contribution in [2.24, 2.45) is 0 Å². The van der Waals surface area contributed by atoms with Crippen molar-refractivity contribution >= 4 is 9.24 Å². The summed E-state index contributed by atoms with van der Waals surface area (Å²) in [5.41, 5.74) is 1.69. The standard InChI is InChI=1S/C10H14.C4H11P/c1-10(2,3)9-7-5-4-6-8-9;1-4(2,3)5/h4-8H,1-3H3;5H2,1-3H3. The van der Waals surface area contributed by atoms with Crippen molar-refractivity contribution in [3.63, 3.8) is 0 Å². The van der Waals surface area contributed by atoms with Gasteiger partial charge in [-0.05, 0) is 16.1 Å². The number of benzene rings is 1. The molecule has 0 aliphatic rings. The van der Waals surface area contributed by atoms with Gasteiger partial charge in [-0.15, -0.1) is 9.24 Å². The van der Waals surface area contributed by atoms with E-state index < -0.39 is 0 Å². The first kappa shape index (κ1) is 14.6. The molecule has 86 valence electrons. The second-order valence-corrected chi connectivity index (χ2v) is 7.71. The Morgan fingerprint density at radius 3 is 1.33 bits per heavy atom. The Labute approximate surface area is 97.7 Å². The normalized spacial score (nSPS) is 11.7. The maximum Gasteiger partial charge on any atom is -0.0132 e. The van der Waals surface area contributed by atoms with E-state index in [2.05, 4.69) is 81.1 Å². The Kier molecular flexibility index (Phi) is 5.53. The van der Waals surface area contributed by atoms with Crippen LogP contribution in [0.2, 0.25) is 0 Å². The lowest BCUT2D eigenvalue weighted by Gasteiger charge is -2.18. The van der Waals surface area contributed by atoms with Crippen molar-refractivity contribution in [3.05, 3.63) is 35.9 Å². The molecule has 1 unspecified atom stereocenters. The van der Waals surface area contributed by atoms with E-state index in [0.717, 1.165) is 0 Å². The van der Waals surface area contributed by atoms with E-state index in [4.69, 9.17) is 0 Å². The summed E-state index contributed by atoms with van der Waals surface area (Å²) in [6.45, 7) is 13.1. The van der Waals surface area contributed by atoms with E-state index in [1.54, 1.807) is 0 Å². The second-order valence-electron chi connectivity index (χ2n) is 5.98. The van der Waals surface area contributed by atoms with E-state index in [1.807, 2.05) is 0 Å². The molecule has 0 aromatic heterocycles. The minimum atomic E-state index is 0.293. The molecular formula is C14H25P. The molecule has 0 radical (unpaired) electrons. The molecular weight excluding hydrogens is 199 g/mol. The van der Waals surface area contributed by atoms with Crippen LogP contribution in [-0.2, 0) is 5.41 Å². The molecule has 0 N–H and O–H groups in total. The second kappa shape index (κ2) is 5.66. The minimum absolute atomic E-state index is 0.293. The van der Waals surface area contributed by atoms with Crippen LogP contribution in [0.4, 0.5) is 0 Å². The third kappa shape index (κ3) is 9.94. The highest BCUT2D eigenvalue weighted by Crippen LogP contribution is 2.20. The molecule has 1 heteroatoms. The highest BCUT2D eigenvalue weighted by molar-refractivity contribution is 7.18. The molecule has 0 amide bonds. The van der Waals surface area contributed by atoms with Gasteiger partial charge in [0, 0.05) is 0 Å². The molecule has 0 heterocycles. The van der Waals surface area contributed by atoms with Crippen molar-refractivity contribution in [2.75, 3.05) is 0 Å². The van der Waals surface area contributed by atoms with Crippen LogP contribution in [0.3, 0.4) is 0 Å². The van der Waals surface area contributed by atoms with Gasteiger partial charge in [-0.1, -0.05) is 71.9 Å². The zero-order valence-corrected chi connectivity index (χ0v) is 12.1. The molecule has 0 aliphatic heterocycles. The molecule has 0 bridgehead atoms. The maximum atomic E-state index is 2.72. The predicted molar refractivity (Wildman–Crippen MR) is 74.6 cm³/mol. The van der Waals surface area contributed by atoms with E-state index >= 15 is 0 Å². The fraction of sp³-hybridized carbons (Fsp3) is 0.571. The Morgan fingerprint density at radius 1 is 0.800 bits per heavy atom. The Hall–Kier alpha value is -0.350. The first-order chi connectivity index (χ1) is 6.61. The van der Waals surface area contributed by atoms with Gasteiger partial charge in [-0.3, -0.25) is 0 Å². The number of rotatable bonds is 0. The molecule has 1 rings (SSSR count). The van der Waals surface area contributed by atoms with Crippen molar-refractivity contribution in [1.82, 2.24) is 0 Å². The molecule has 0 spiro atoms. The van der Waals surface area contributed by atoms with E-state index in [9.17, 15) is 0 Å². The summed E-state index contributed by atoms with van der Waals surface area (Å²) in [7, 11) is 2.72. The fourth-order valence-corrected chi connectivity index (χ4v) is 0.938. The van der Waals surface area contributed by atoms with Crippen molar-refractivity contribution in [1.29, 1.82) is 0 Å². The Morgan fingerprint density at radius 2 is 1.13 bits per heavy atom. The summed E-state index contributed by atoms with van der Waals surface area (Å²) in [6, 6.07) is 10.6. The fourth-order valence-electron chi connectivity index (χ4n) is 0.938. The van der Waals surface area contributed by atoms with Crippen LogP contribution >= 0.6 is 9.24 Å². The third-order valence-electron chi connectivity index (χ3n) is 1.64. The van der Waals surface area contributed by atoms with Gasteiger partial charge in [0.15, 0.2) is 0 Å². The van der Waals surface area contributed by atoms with Crippen molar-refractivity contribution < 1.29 is 0 Å². The monoisotopic (exact) mass is 224 g/mol. The summed E-state index contributed by atoms with van der Waals surface area (Å²) in [6.07, 6.45) is 0. The molecule has 0 nitrogen and oxygen atoms in total. The topological polar surface area (TPSA) is 0 Å². The third-order valence-corrected chi connectivity index (χ3v) is 1.64. The number of hydrogen-bond acceptors (Lipinski definition) is 0. The van der Waals surface area contributed by atoms with Gasteiger partial charge in [-0.2, -0.15) is 0 Å². The predicted octanol–water partition coefficient (Wildman–Crippen LogP) is 4.64. The van der Waals surface area contributed by atoms with Crippen LogP contribution in [0.1, 0.15) is 47.1 Å². The number of hydrogen-bond donors (Lipinski definition) is 0. The average molecular weight is 224 g/mol. The van der Waals surface area contributed by atoms with Crippen LogP contribution in [0.15, 0.2) is 30.3 Å². The van der Waals surface area contributed by atoms with Crippen LogP contribution in [0, 0.1) is 0 Å². The first-order valence-electron chi connectivity index (χ1n) is 5.45. The Bertz CT molecular complexity index is 256. The van der Waals surface area contributed by atoms with Crippen molar-refractivity contribution in [3.8, 4) is 0 Å². The summed E-state index contributed by atoms with van der Waals surface area (Å²) >= 11 is 0. The Balaban J connectivity index is 0.000000336. The molecule has 0 saturated heterocycles. The van der Waals surface area contributed by atoms with Crippen molar-refractivity contribution in [2.45, 2.75) is 52.1 Å². The molecule has 15 heavy (non-hydrogen) atoms. The van der Waals surface area contributed by atoms with Gasteiger partial charge in [0.05, 0.1) is 0 Å². The zero-order valence-electron chi connectivity index (χ0n) is 11.0. The summed E-state index contributed by atoms with van der Waals surface area (Å²) in [5.74, 6) is 0. The van der Waals surface area contributed by atoms with Crippen LogP contribution in [0.5, 0.6) is 0 Å². The highest BCUT2D eigenvalue weighted by atomic mass is 31.0. The molecule has 1 aromatic carbocycles. The molecule has 0 fully saturated rings. The smallest absolute Gasteiger partial charge is 0.0132 e.